The molecule has 1 unspecified atom stereocenters. The number of ether oxygens (including phenoxy) is 2. The van der Waals surface area contributed by atoms with E-state index < -0.39 is 16.6 Å². The number of alkyl halides is 3. The molecule has 1 fully saturated rings. The molecule has 1 amide bonds. The molecule has 236 valence electrons. The Bertz CT molecular complexity index is 1650. The summed E-state index contributed by atoms with van der Waals surface area (Å²) in [7, 11) is 0. The number of benzene rings is 2. The Kier molecular flexibility index (Phi) is 11.4. The van der Waals surface area contributed by atoms with Gasteiger partial charge in [0.05, 0.1) is 22.6 Å². The van der Waals surface area contributed by atoms with Gasteiger partial charge in [-0.25, -0.2) is 14.2 Å². The van der Waals surface area contributed by atoms with Crippen LogP contribution >= 0.6 is 40.0 Å². The van der Waals surface area contributed by atoms with Crippen LogP contribution < -0.4 is 19.7 Å². The zero-order chi connectivity index (χ0) is 32.6. The fourth-order valence-corrected chi connectivity index (χ4v) is 5.84. The lowest BCUT2D eigenvalue weighted by atomic mass is 10.1. The van der Waals surface area contributed by atoms with E-state index in [1.807, 2.05) is 16.6 Å². The first-order valence-corrected chi connectivity index (χ1v) is 17.4. The highest BCUT2D eigenvalue weighted by atomic mass is 127. The maximum absolute atomic E-state index is 12.9. The van der Waals surface area contributed by atoms with Crippen molar-refractivity contribution in [1.82, 2.24) is 14.5 Å². The second-order valence-corrected chi connectivity index (χ2v) is 11.6. The number of rotatable bonds is 9. The Labute approximate surface area is 274 Å². The molecule has 18 heteroatoms. The second kappa shape index (κ2) is 15.2. The van der Waals surface area contributed by atoms with E-state index >= 15 is 0 Å². The van der Waals surface area contributed by atoms with Gasteiger partial charge in [-0.1, -0.05) is 0 Å². The highest BCUT2D eigenvalue weighted by Gasteiger charge is 2.27. The molecule has 2 aromatic heterocycles. The molecule has 0 radical (unpaired) electrons. The molecule has 1 saturated heterocycles. The number of nitro groups is 1. The molecule has 1 aliphatic heterocycles. The van der Waals surface area contributed by atoms with Gasteiger partial charge in [-0.15, -0.1) is 8.78 Å². The molecule has 3 heterocycles. The lowest BCUT2D eigenvalue weighted by Gasteiger charge is -2.21. The van der Waals surface area contributed by atoms with Gasteiger partial charge in [0.25, 0.3) is 11.6 Å². The molecule has 0 spiro atoms. The third-order valence-corrected chi connectivity index (χ3v) is 8.10. The predicted molar refractivity (Wildman–Crippen MR) is 172 cm³/mol. The van der Waals surface area contributed by atoms with Crippen LogP contribution in [0.3, 0.4) is 0 Å². The summed E-state index contributed by atoms with van der Waals surface area (Å²) in [5, 5.41) is 25.5. The highest BCUT2D eigenvalue weighted by molar-refractivity contribution is 14.2. The van der Waals surface area contributed by atoms with Crippen LogP contribution in [0.15, 0.2) is 73.1 Å². The lowest BCUT2D eigenvalue weighted by Crippen LogP contribution is -2.21. The van der Waals surface area contributed by atoms with Gasteiger partial charge in [0.15, 0.2) is 0 Å². The summed E-state index contributed by atoms with van der Waals surface area (Å²) in [5.74, 6) is 0.401. The summed E-state index contributed by atoms with van der Waals surface area (Å²) in [6, 6.07) is 14.0. The number of nitrogens with zero attached hydrogens (tertiary/aromatic N) is 5. The first-order chi connectivity index (χ1) is 21.4. The number of nitro benzene ring substituents is 1. The molecule has 13 nitrogen and oxygen atoms in total. The second-order valence-electron chi connectivity index (χ2n) is 9.15. The number of non-ortho nitro benzene ring substituents is 1. The van der Waals surface area contributed by atoms with Crippen molar-refractivity contribution in [1.29, 1.82) is 0 Å². The predicted octanol–water partition coefficient (Wildman–Crippen LogP) is 7.41. The number of amides is 1. The Morgan fingerprint density at radius 2 is 1.73 bits per heavy atom. The molecule has 2 aromatic carbocycles. The van der Waals surface area contributed by atoms with Gasteiger partial charge in [-0.05, 0) is 83.4 Å². The van der Waals surface area contributed by atoms with Crippen LogP contribution in [-0.4, -0.2) is 55.3 Å². The largest absolute Gasteiger partial charge is 0.511 e. The van der Waals surface area contributed by atoms with E-state index in [4.69, 9.17) is 16.7 Å². The molecule has 45 heavy (non-hydrogen) atoms. The number of hydrogen-bond acceptors (Lipinski definition) is 9. The molecule has 0 bridgehead atoms. The van der Waals surface area contributed by atoms with Gasteiger partial charge >= 0.3 is 11.7 Å². The first-order valence-electron chi connectivity index (χ1n) is 12.9. The molecule has 4 aromatic rings. The van der Waals surface area contributed by atoms with E-state index in [9.17, 15) is 28.5 Å². The van der Waals surface area contributed by atoms with Crippen molar-refractivity contribution < 1.29 is 37.9 Å². The van der Waals surface area contributed by atoms with E-state index in [0.717, 1.165) is 55.1 Å². The van der Waals surface area contributed by atoms with Crippen LogP contribution in [0.5, 0.6) is 11.5 Å². The molecule has 1 atom stereocenters. The quantitative estimate of drug-likeness (QED) is 0.0333. The monoisotopic (exact) mass is 774 g/mol. The summed E-state index contributed by atoms with van der Waals surface area (Å²) < 4.78 is 35.9. The zero-order valence-electron chi connectivity index (χ0n) is 22.9. The van der Waals surface area contributed by atoms with Crippen LogP contribution in [0, 0.1) is 10.1 Å². The van der Waals surface area contributed by atoms with Gasteiger partial charge in [0, 0.05) is 60.5 Å². The van der Waals surface area contributed by atoms with Gasteiger partial charge < -0.3 is 24.8 Å². The van der Waals surface area contributed by atoms with Crippen molar-refractivity contribution in [2.75, 3.05) is 23.3 Å². The van der Waals surface area contributed by atoms with Crippen LogP contribution in [0.4, 0.5) is 30.8 Å². The molecular formula is C27H23ClF2IN6O7P. The van der Waals surface area contributed by atoms with E-state index in [1.54, 1.807) is 12.4 Å². The van der Waals surface area contributed by atoms with Gasteiger partial charge in [0.1, 0.15) is 17.3 Å². The molecule has 0 saturated carbocycles. The number of halogens is 4. The summed E-state index contributed by atoms with van der Waals surface area (Å²) in [5.41, 5.74) is -1.38. The summed E-state index contributed by atoms with van der Waals surface area (Å²) >= 11 is 7.03. The van der Waals surface area contributed by atoms with Crippen LogP contribution in [0.1, 0.15) is 23.2 Å². The lowest BCUT2D eigenvalue weighted by molar-refractivity contribution is -0.384. The SMILES string of the molecule is O=C(Nc1ccc(OC(F)(F)Cl)cc1)c1cnc(N2CCCC2)c(-c2ccnn2PI)c1.O=C(O)Oc1ccc([N+](=O)[O-])cc1. The average Bonchev–Trinajstić information content (AvgIpc) is 3.70. The third-order valence-electron chi connectivity index (χ3n) is 6.13. The summed E-state index contributed by atoms with van der Waals surface area (Å²) in [6.07, 6.45) is 4.44. The molecular weight excluding hydrogens is 752 g/mol. The molecule has 1 aliphatic rings. The van der Waals surface area contributed by atoms with Gasteiger partial charge in [-0.3, -0.25) is 14.9 Å². The highest BCUT2D eigenvalue weighted by Crippen LogP contribution is 2.36. The standard InChI is InChI=1S/C20H18ClF2IN5O2P.C7H5NO5/c21-20(22,23)31-15-5-3-14(4-6-15)27-19(30)13-11-16(17-7-8-26-29(17)32-24)18(25-12-13)28-9-1-2-10-28;9-7(10)13-6-3-1-5(2-4-6)8(11)12/h3-8,11-12,32H,1-2,9-10H2,(H,27,30);1-4H,(H,9,10). The smallest absolute Gasteiger partial charge is 0.449 e. The Balaban J connectivity index is 0.000000297. The van der Waals surface area contributed by atoms with Crippen molar-refractivity contribution >= 4 is 69.3 Å². The van der Waals surface area contributed by atoms with Crippen molar-refractivity contribution in [3.05, 3.63) is 88.7 Å². The third kappa shape index (κ3) is 9.67. The number of anilines is 2. The first kappa shape index (κ1) is 33.7. The van der Waals surface area contributed by atoms with E-state index in [0.29, 0.717) is 17.6 Å². The van der Waals surface area contributed by atoms with E-state index in [2.05, 4.69) is 51.8 Å². The van der Waals surface area contributed by atoms with Crippen molar-refractivity contribution in [3.8, 4) is 22.8 Å². The average molecular weight is 775 g/mol. The topological polar surface area (TPSA) is 162 Å². The minimum atomic E-state index is -3.80. The number of aromatic nitrogens is 3. The minimum absolute atomic E-state index is 0.0538. The molecule has 0 aliphatic carbocycles. The number of hydrogen-bond donors (Lipinski definition) is 2. The number of nitrogens with one attached hydrogen (secondary N) is 1. The fourth-order valence-electron chi connectivity index (χ4n) is 4.21. The fraction of sp³-hybridized carbons (Fsp3) is 0.185. The Morgan fingerprint density at radius 3 is 2.31 bits per heavy atom. The van der Waals surface area contributed by atoms with Crippen molar-refractivity contribution in [3.63, 3.8) is 0 Å². The Hall–Kier alpha value is -4.15. The number of carbonyl (C=O) groups is 2. The van der Waals surface area contributed by atoms with E-state index in [-0.39, 0.29) is 23.1 Å². The minimum Gasteiger partial charge on any atom is -0.449 e. The maximum atomic E-state index is 12.9. The summed E-state index contributed by atoms with van der Waals surface area (Å²) in [6.45, 7) is 1.84. The zero-order valence-corrected chi connectivity index (χ0v) is 26.8. The van der Waals surface area contributed by atoms with Crippen molar-refractivity contribution in [2.45, 2.75) is 18.4 Å². The van der Waals surface area contributed by atoms with Crippen molar-refractivity contribution in [2.24, 2.45) is 0 Å². The number of carboxylic acid groups (broad SMARTS) is 1. The van der Waals surface area contributed by atoms with Crippen LogP contribution in [0.25, 0.3) is 11.3 Å². The van der Waals surface area contributed by atoms with Crippen LogP contribution in [0.2, 0.25) is 0 Å². The maximum Gasteiger partial charge on any atom is 0.511 e. The van der Waals surface area contributed by atoms with Gasteiger partial charge in [-0.2, -0.15) is 5.10 Å². The van der Waals surface area contributed by atoms with Crippen LogP contribution in [-0.2, 0) is 0 Å². The van der Waals surface area contributed by atoms with E-state index in [1.165, 1.54) is 36.4 Å². The normalized spacial score (nSPS) is 12.8. The molecule has 5 rings (SSSR count). The Morgan fingerprint density at radius 1 is 1.09 bits per heavy atom. The number of pyridine rings is 1. The molecule has 2 N–H and O–H groups in total. The summed E-state index contributed by atoms with van der Waals surface area (Å²) in [4.78, 5) is 39.3. The van der Waals surface area contributed by atoms with Gasteiger partial charge in [0.2, 0.25) is 0 Å². The number of carbonyl (C=O) groups excluding carboxylic acids is 1.